The second-order valence-electron chi connectivity index (χ2n) is 7.71. The maximum atomic E-state index is 14.9. The van der Waals surface area contributed by atoms with E-state index in [1.54, 1.807) is 23.4 Å². The van der Waals surface area contributed by atoms with Gasteiger partial charge in [0, 0.05) is 43.2 Å². The number of nitrogen functional groups attached to an aromatic ring is 1. The summed E-state index contributed by atoms with van der Waals surface area (Å²) in [7, 11) is 3.68. The lowest BCUT2D eigenvalue weighted by Crippen LogP contribution is -2.37. The van der Waals surface area contributed by atoms with Gasteiger partial charge in [0.1, 0.15) is 12.0 Å². The van der Waals surface area contributed by atoms with Crippen LogP contribution in [0.2, 0.25) is 0 Å². The fraction of sp³-hybridized carbons (Fsp3) is 0.500. The highest BCUT2D eigenvalue weighted by molar-refractivity contribution is 5.77. The molecule has 0 radical (unpaired) electrons. The molecule has 0 spiro atoms. The summed E-state index contributed by atoms with van der Waals surface area (Å²) >= 11 is 0. The van der Waals surface area contributed by atoms with Crippen LogP contribution in [-0.2, 0) is 4.74 Å². The minimum atomic E-state index is -1.01. The summed E-state index contributed by atoms with van der Waals surface area (Å²) in [6.45, 7) is 3.41. The van der Waals surface area contributed by atoms with E-state index in [2.05, 4.69) is 9.97 Å². The molecule has 2 aliphatic rings. The molecular weight excluding hydrogens is 378 g/mol. The molecule has 1 aromatic carbocycles. The average molecular weight is 404 g/mol. The Kier molecular flexibility index (Phi) is 5.51. The van der Waals surface area contributed by atoms with E-state index in [4.69, 9.17) is 10.5 Å². The molecule has 1 aromatic heterocycles. The first-order valence-corrected chi connectivity index (χ1v) is 9.73. The Bertz CT molecular complexity index is 857. The zero-order valence-electron chi connectivity index (χ0n) is 16.7. The molecule has 4 rings (SSSR count). The summed E-state index contributed by atoms with van der Waals surface area (Å²) in [6.07, 6.45) is 2.20. The molecule has 0 bridgehead atoms. The van der Waals surface area contributed by atoms with Crippen LogP contribution in [0.3, 0.4) is 0 Å². The third-order valence-electron chi connectivity index (χ3n) is 5.58. The Morgan fingerprint density at radius 1 is 1.10 bits per heavy atom. The van der Waals surface area contributed by atoms with Crippen molar-refractivity contribution in [3.63, 3.8) is 0 Å². The minimum absolute atomic E-state index is 0.198. The summed E-state index contributed by atoms with van der Waals surface area (Å²) in [5.41, 5.74) is 8.02. The Balaban J connectivity index is 1.56. The second-order valence-corrected chi connectivity index (χ2v) is 7.71. The summed E-state index contributed by atoms with van der Waals surface area (Å²) in [5, 5.41) is 0. The molecule has 2 aliphatic heterocycles. The molecule has 2 N–H and O–H groups in total. The Morgan fingerprint density at radius 2 is 1.79 bits per heavy atom. The van der Waals surface area contributed by atoms with Gasteiger partial charge in [-0.05, 0) is 26.2 Å². The summed E-state index contributed by atoms with van der Waals surface area (Å²) in [6, 6.07) is 2.72. The normalized spacial score (nSPS) is 22.5. The maximum Gasteiger partial charge on any atom is 0.225 e. The number of anilines is 3. The van der Waals surface area contributed by atoms with Crippen molar-refractivity contribution in [2.75, 3.05) is 69.0 Å². The maximum absolute atomic E-state index is 14.9. The fourth-order valence-electron chi connectivity index (χ4n) is 3.89. The van der Waals surface area contributed by atoms with E-state index >= 15 is 0 Å². The van der Waals surface area contributed by atoms with Crippen LogP contribution in [0.1, 0.15) is 0 Å². The first-order valence-electron chi connectivity index (χ1n) is 9.73. The molecule has 2 aromatic rings. The SMILES string of the molecule is CN(C)[C@@H]1CN(c2cc(F)c(-c3cnc(N4CCOCC4)nc3)cc2N)C[C@H]1F. The molecule has 156 valence electrons. The third-order valence-corrected chi connectivity index (χ3v) is 5.58. The van der Waals surface area contributed by atoms with Crippen molar-refractivity contribution < 1.29 is 13.5 Å². The van der Waals surface area contributed by atoms with Crippen molar-refractivity contribution in [1.29, 1.82) is 0 Å². The topological polar surface area (TPSA) is 70.8 Å². The molecule has 0 amide bonds. The number of hydrogen-bond acceptors (Lipinski definition) is 7. The van der Waals surface area contributed by atoms with Crippen LogP contribution in [0, 0.1) is 5.82 Å². The van der Waals surface area contributed by atoms with Gasteiger partial charge in [0.2, 0.25) is 5.95 Å². The number of benzene rings is 1. The van der Waals surface area contributed by atoms with Gasteiger partial charge in [-0.15, -0.1) is 0 Å². The second kappa shape index (κ2) is 8.08. The summed E-state index contributed by atoms with van der Waals surface area (Å²) in [4.78, 5) is 14.4. The van der Waals surface area contributed by atoms with E-state index in [0.29, 0.717) is 48.2 Å². The molecular formula is C20H26F2N6O. The number of aromatic nitrogens is 2. The van der Waals surface area contributed by atoms with Crippen LogP contribution in [0.5, 0.6) is 0 Å². The number of hydrogen-bond donors (Lipinski definition) is 1. The van der Waals surface area contributed by atoms with Crippen LogP contribution in [0.15, 0.2) is 24.5 Å². The molecule has 2 atom stereocenters. The Hall–Kier alpha value is -2.52. The number of rotatable bonds is 4. The molecule has 29 heavy (non-hydrogen) atoms. The van der Waals surface area contributed by atoms with Gasteiger partial charge in [0.25, 0.3) is 0 Å². The number of likely N-dealkylation sites (N-methyl/N-ethyl adjacent to an activating group) is 1. The van der Waals surface area contributed by atoms with E-state index in [1.807, 2.05) is 23.9 Å². The number of morpholine rings is 1. The number of alkyl halides is 1. The van der Waals surface area contributed by atoms with Gasteiger partial charge in [-0.2, -0.15) is 0 Å². The highest BCUT2D eigenvalue weighted by Gasteiger charge is 2.35. The predicted octanol–water partition coefficient (Wildman–Crippen LogP) is 1.79. The van der Waals surface area contributed by atoms with Gasteiger partial charge in [0.05, 0.1) is 37.2 Å². The largest absolute Gasteiger partial charge is 0.397 e. The number of nitrogens with zero attached hydrogens (tertiary/aromatic N) is 5. The first kappa shape index (κ1) is 19.8. The van der Waals surface area contributed by atoms with E-state index < -0.39 is 12.0 Å². The first-order chi connectivity index (χ1) is 13.9. The molecule has 7 nitrogen and oxygen atoms in total. The lowest BCUT2D eigenvalue weighted by atomic mass is 10.1. The lowest BCUT2D eigenvalue weighted by Gasteiger charge is -2.26. The van der Waals surface area contributed by atoms with Crippen LogP contribution in [0.4, 0.5) is 26.1 Å². The van der Waals surface area contributed by atoms with Gasteiger partial charge in [-0.3, -0.25) is 0 Å². The Morgan fingerprint density at radius 3 is 2.41 bits per heavy atom. The smallest absolute Gasteiger partial charge is 0.225 e. The monoisotopic (exact) mass is 404 g/mol. The number of nitrogens with two attached hydrogens (primary N) is 1. The van der Waals surface area contributed by atoms with Gasteiger partial charge in [-0.1, -0.05) is 0 Å². The van der Waals surface area contributed by atoms with Crippen LogP contribution >= 0.6 is 0 Å². The zero-order chi connectivity index (χ0) is 20.5. The average Bonchev–Trinajstić information content (AvgIpc) is 3.12. The van der Waals surface area contributed by atoms with E-state index in [1.165, 1.54) is 6.07 Å². The van der Waals surface area contributed by atoms with Crippen molar-refractivity contribution in [3.05, 3.63) is 30.3 Å². The molecule has 0 saturated carbocycles. The summed E-state index contributed by atoms with van der Waals surface area (Å²) < 4.78 is 34.5. The van der Waals surface area contributed by atoms with Gasteiger partial charge in [-0.25, -0.2) is 18.7 Å². The third kappa shape index (κ3) is 3.97. The van der Waals surface area contributed by atoms with Crippen LogP contribution < -0.4 is 15.5 Å². The van der Waals surface area contributed by atoms with Crippen LogP contribution in [-0.4, -0.2) is 80.6 Å². The molecule has 3 heterocycles. The highest BCUT2D eigenvalue weighted by Crippen LogP contribution is 2.34. The minimum Gasteiger partial charge on any atom is -0.397 e. The standard InChI is InChI=1S/C20H26F2N6O/c1-26(2)19-12-28(11-16(19)22)18-8-15(21)14(7-17(18)23)13-9-24-20(25-10-13)27-3-5-29-6-4-27/h7-10,16,19H,3-6,11-12,23H2,1-2H3/t16-,19-/m1/s1. The van der Waals surface area contributed by atoms with Crippen molar-refractivity contribution in [3.8, 4) is 11.1 Å². The fourth-order valence-corrected chi connectivity index (χ4v) is 3.89. The van der Waals surface area contributed by atoms with Crippen molar-refractivity contribution in [2.24, 2.45) is 0 Å². The highest BCUT2D eigenvalue weighted by atomic mass is 19.1. The zero-order valence-corrected chi connectivity index (χ0v) is 16.7. The molecule has 9 heteroatoms. The number of halogens is 2. The molecule has 0 unspecified atom stereocenters. The van der Waals surface area contributed by atoms with E-state index in [0.717, 1.165) is 13.1 Å². The Labute approximate surface area is 169 Å². The summed E-state index contributed by atoms with van der Waals surface area (Å²) in [5.74, 6) is 0.170. The van der Waals surface area contributed by atoms with E-state index in [9.17, 15) is 8.78 Å². The van der Waals surface area contributed by atoms with Gasteiger partial charge in [0.15, 0.2) is 0 Å². The lowest BCUT2D eigenvalue weighted by molar-refractivity contribution is 0.122. The van der Waals surface area contributed by atoms with Crippen molar-refractivity contribution in [2.45, 2.75) is 12.2 Å². The van der Waals surface area contributed by atoms with E-state index in [-0.39, 0.29) is 12.6 Å². The van der Waals surface area contributed by atoms with Gasteiger partial charge >= 0.3 is 0 Å². The predicted molar refractivity (Wildman–Crippen MR) is 109 cm³/mol. The molecule has 2 saturated heterocycles. The van der Waals surface area contributed by atoms with Crippen molar-refractivity contribution in [1.82, 2.24) is 14.9 Å². The number of ether oxygens (including phenoxy) is 1. The van der Waals surface area contributed by atoms with Crippen LogP contribution in [0.25, 0.3) is 11.1 Å². The van der Waals surface area contributed by atoms with Gasteiger partial charge < -0.3 is 25.2 Å². The molecule has 0 aliphatic carbocycles. The van der Waals surface area contributed by atoms with Crippen molar-refractivity contribution >= 4 is 17.3 Å². The molecule has 2 fully saturated rings. The quantitative estimate of drug-likeness (QED) is 0.779.